The Morgan fingerprint density at radius 3 is 2.45 bits per heavy atom. The van der Waals surface area contributed by atoms with E-state index in [2.05, 4.69) is 10.0 Å². The van der Waals surface area contributed by atoms with Gasteiger partial charge in [0, 0.05) is 12.6 Å². The predicted molar refractivity (Wildman–Crippen MR) is 78.1 cm³/mol. The highest BCUT2D eigenvalue weighted by Crippen LogP contribution is 2.22. The van der Waals surface area contributed by atoms with Crippen molar-refractivity contribution >= 4 is 10.0 Å². The van der Waals surface area contributed by atoms with E-state index in [1.54, 1.807) is 12.1 Å². The summed E-state index contributed by atoms with van der Waals surface area (Å²) in [5.74, 6) is 0. The maximum absolute atomic E-state index is 12.4. The standard InChI is InChI=1S/C14H22N2O3S/c1-11(15-3)12-4-6-13(7-5-12)20(17,18)16-14(2)8-9-19-10-14/h4-7,11,15-16H,8-10H2,1-3H3. The molecule has 2 unspecified atom stereocenters. The van der Waals surface area contributed by atoms with Gasteiger partial charge in [0.2, 0.25) is 10.0 Å². The molecule has 0 amide bonds. The highest BCUT2D eigenvalue weighted by molar-refractivity contribution is 7.89. The van der Waals surface area contributed by atoms with Crippen LogP contribution in [0.4, 0.5) is 0 Å². The highest BCUT2D eigenvalue weighted by atomic mass is 32.2. The lowest BCUT2D eigenvalue weighted by molar-refractivity contribution is 0.178. The molecule has 1 aliphatic heterocycles. The molecule has 0 radical (unpaired) electrons. The van der Waals surface area contributed by atoms with E-state index in [0.29, 0.717) is 19.6 Å². The lowest BCUT2D eigenvalue weighted by atomic mass is 10.0. The number of sulfonamides is 1. The van der Waals surface area contributed by atoms with Crippen LogP contribution in [0.15, 0.2) is 29.2 Å². The molecular formula is C14H22N2O3S. The van der Waals surface area contributed by atoms with Crippen molar-refractivity contribution in [1.29, 1.82) is 0 Å². The van der Waals surface area contributed by atoms with E-state index >= 15 is 0 Å². The van der Waals surface area contributed by atoms with E-state index in [0.717, 1.165) is 5.56 Å². The van der Waals surface area contributed by atoms with Gasteiger partial charge in [-0.3, -0.25) is 0 Å². The van der Waals surface area contributed by atoms with Crippen LogP contribution in [0, 0.1) is 0 Å². The Hall–Kier alpha value is -0.950. The fourth-order valence-electron chi connectivity index (χ4n) is 2.23. The van der Waals surface area contributed by atoms with Gasteiger partial charge in [-0.15, -0.1) is 0 Å². The maximum atomic E-state index is 12.4. The largest absolute Gasteiger partial charge is 0.379 e. The Morgan fingerprint density at radius 2 is 1.95 bits per heavy atom. The SMILES string of the molecule is CNC(C)c1ccc(S(=O)(=O)NC2(C)CCOC2)cc1. The molecular weight excluding hydrogens is 276 g/mol. The third-order valence-corrected chi connectivity index (χ3v) is 5.38. The summed E-state index contributed by atoms with van der Waals surface area (Å²) in [6.45, 7) is 4.91. The first-order valence-corrected chi connectivity index (χ1v) is 8.24. The van der Waals surface area contributed by atoms with Crippen molar-refractivity contribution in [2.75, 3.05) is 20.3 Å². The molecule has 1 heterocycles. The van der Waals surface area contributed by atoms with Crippen LogP contribution in [0.5, 0.6) is 0 Å². The second kappa shape index (κ2) is 5.81. The smallest absolute Gasteiger partial charge is 0.241 e. The van der Waals surface area contributed by atoms with Gasteiger partial charge >= 0.3 is 0 Å². The number of ether oxygens (including phenoxy) is 1. The minimum Gasteiger partial charge on any atom is -0.379 e. The predicted octanol–water partition coefficient (Wildman–Crippen LogP) is 1.42. The summed E-state index contributed by atoms with van der Waals surface area (Å²) in [5, 5.41) is 3.12. The molecule has 2 rings (SSSR count). The summed E-state index contributed by atoms with van der Waals surface area (Å²) in [4.78, 5) is 0.290. The molecule has 1 aliphatic rings. The number of nitrogens with one attached hydrogen (secondary N) is 2. The second-order valence-corrected chi connectivity index (χ2v) is 7.23. The first-order chi connectivity index (χ1) is 9.36. The molecule has 0 aliphatic carbocycles. The molecule has 2 N–H and O–H groups in total. The van der Waals surface area contributed by atoms with Gasteiger partial charge in [-0.05, 0) is 45.0 Å². The van der Waals surface area contributed by atoms with Crippen LogP contribution in [0.1, 0.15) is 31.9 Å². The van der Waals surface area contributed by atoms with Crippen LogP contribution >= 0.6 is 0 Å². The number of rotatable bonds is 5. The van der Waals surface area contributed by atoms with Gasteiger partial charge in [-0.1, -0.05) is 12.1 Å². The lowest BCUT2D eigenvalue weighted by Crippen LogP contribution is -2.46. The van der Waals surface area contributed by atoms with Gasteiger partial charge in [0.05, 0.1) is 17.0 Å². The Labute approximate surface area is 120 Å². The first kappa shape index (κ1) is 15.4. The van der Waals surface area contributed by atoms with E-state index in [4.69, 9.17) is 4.74 Å². The zero-order valence-corrected chi connectivity index (χ0v) is 13.0. The van der Waals surface area contributed by atoms with Crippen molar-refractivity contribution in [3.8, 4) is 0 Å². The quantitative estimate of drug-likeness (QED) is 0.863. The fraction of sp³-hybridized carbons (Fsp3) is 0.571. The van der Waals surface area contributed by atoms with E-state index in [1.807, 2.05) is 33.0 Å². The summed E-state index contributed by atoms with van der Waals surface area (Å²) in [6, 6.07) is 7.15. The van der Waals surface area contributed by atoms with Gasteiger partial charge in [0.25, 0.3) is 0 Å². The second-order valence-electron chi connectivity index (χ2n) is 5.55. The van der Waals surface area contributed by atoms with Crippen LogP contribution in [-0.4, -0.2) is 34.2 Å². The maximum Gasteiger partial charge on any atom is 0.241 e. The molecule has 0 saturated carbocycles. The molecule has 5 nitrogen and oxygen atoms in total. The van der Waals surface area contributed by atoms with Crippen molar-refractivity contribution in [3.05, 3.63) is 29.8 Å². The molecule has 20 heavy (non-hydrogen) atoms. The van der Waals surface area contributed by atoms with E-state index < -0.39 is 15.6 Å². The average molecular weight is 298 g/mol. The van der Waals surface area contributed by atoms with Gasteiger partial charge in [0.15, 0.2) is 0 Å². The van der Waals surface area contributed by atoms with Crippen molar-refractivity contribution < 1.29 is 13.2 Å². The summed E-state index contributed by atoms with van der Waals surface area (Å²) in [5.41, 5.74) is 0.553. The number of hydrogen-bond donors (Lipinski definition) is 2. The van der Waals surface area contributed by atoms with E-state index in [9.17, 15) is 8.42 Å². The van der Waals surface area contributed by atoms with Crippen molar-refractivity contribution in [1.82, 2.24) is 10.0 Å². The minimum absolute atomic E-state index is 0.195. The van der Waals surface area contributed by atoms with Crippen LogP contribution in [0.3, 0.4) is 0 Å². The van der Waals surface area contributed by atoms with E-state index in [-0.39, 0.29) is 10.9 Å². The van der Waals surface area contributed by atoms with Gasteiger partial charge in [-0.2, -0.15) is 0 Å². The van der Waals surface area contributed by atoms with Crippen molar-refractivity contribution in [2.24, 2.45) is 0 Å². The third-order valence-electron chi connectivity index (χ3n) is 3.72. The highest BCUT2D eigenvalue weighted by Gasteiger charge is 2.34. The van der Waals surface area contributed by atoms with Crippen LogP contribution in [0.25, 0.3) is 0 Å². The zero-order valence-electron chi connectivity index (χ0n) is 12.1. The summed E-state index contributed by atoms with van der Waals surface area (Å²) in [7, 11) is -1.63. The van der Waals surface area contributed by atoms with Gasteiger partial charge in [0.1, 0.15) is 0 Å². The van der Waals surface area contributed by atoms with Crippen molar-refractivity contribution in [2.45, 2.75) is 36.7 Å². The Morgan fingerprint density at radius 1 is 1.30 bits per heavy atom. The zero-order chi connectivity index (χ0) is 14.8. The van der Waals surface area contributed by atoms with E-state index in [1.165, 1.54) is 0 Å². The van der Waals surface area contributed by atoms with Crippen LogP contribution in [-0.2, 0) is 14.8 Å². The molecule has 1 saturated heterocycles. The Kier molecular flexibility index (Phi) is 4.49. The third kappa shape index (κ3) is 3.38. The molecule has 0 spiro atoms. The average Bonchev–Trinajstić information content (AvgIpc) is 2.83. The van der Waals surface area contributed by atoms with Gasteiger partial charge in [-0.25, -0.2) is 13.1 Å². The summed E-state index contributed by atoms with van der Waals surface area (Å²) >= 11 is 0. The van der Waals surface area contributed by atoms with Gasteiger partial charge < -0.3 is 10.1 Å². The number of hydrogen-bond acceptors (Lipinski definition) is 4. The summed E-state index contributed by atoms with van der Waals surface area (Å²) in [6.07, 6.45) is 0.696. The topological polar surface area (TPSA) is 67.4 Å². The molecule has 6 heteroatoms. The summed E-state index contributed by atoms with van der Waals surface area (Å²) < 4.78 is 32.7. The molecule has 0 aromatic heterocycles. The molecule has 0 bridgehead atoms. The molecule has 1 aromatic rings. The molecule has 1 fully saturated rings. The Balaban J connectivity index is 2.17. The molecule has 2 atom stereocenters. The lowest BCUT2D eigenvalue weighted by Gasteiger charge is -2.23. The Bertz CT molecular complexity index is 548. The molecule has 112 valence electrons. The minimum atomic E-state index is -3.50. The van der Waals surface area contributed by atoms with Crippen LogP contribution < -0.4 is 10.0 Å². The van der Waals surface area contributed by atoms with Crippen molar-refractivity contribution in [3.63, 3.8) is 0 Å². The first-order valence-electron chi connectivity index (χ1n) is 6.75. The normalized spacial score (nSPS) is 24.8. The van der Waals surface area contributed by atoms with Crippen LogP contribution in [0.2, 0.25) is 0 Å². The molecule has 1 aromatic carbocycles. The number of benzene rings is 1. The monoisotopic (exact) mass is 298 g/mol. The fourth-order valence-corrected chi connectivity index (χ4v) is 3.66.